The molecule has 4 N–H and O–H groups in total. The molecule has 0 bridgehead atoms. The van der Waals surface area contributed by atoms with E-state index in [-0.39, 0.29) is 31.2 Å². The molecule has 1 saturated heterocycles. The molecule has 0 radical (unpaired) electrons. The number of nitrogens with one attached hydrogen (secondary N) is 2. The number of likely N-dealkylation sites (tertiary alicyclic amines) is 1. The van der Waals surface area contributed by atoms with E-state index >= 15 is 0 Å². The summed E-state index contributed by atoms with van der Waals surface area (Å²) >= 11 is 1.48. The van der Waals surface area contributed by atoms with Gasteiger partial charge in [0, 0.05) is 25.1 Å². The van der Waals surface area contributed by atoms with Crippen LogP contribution in [0.1, 0.15) is 52.3 Å². The molecule has 1 aromatic carbocycles. The molecule has 37 heavy (non-hydrogen) atoms. The number of hydrogen-bond acceptors (Lipinski definition) is 8. The van der Waals surface area contributed by atoms with Crippen molar-refractivity contribution in [2.75, 3.05) is 6.54 Å². The number of phenols is 1. The van der Waals surface area contributed by atoms with Crippen LogP contribution in [0.3, 0.4) is 0 Å². The summed E-state index contributed by atoms with van der Waals surface area (Å²) in [5.41, 5.74) is 3.23. The van der Waals surface area contributed by atoms with Gasteiger partial charge in [-0.3, -0.25) is 9.59 Å². The fourth-order valence-electron chi connectivity index (χ4n) is 4.17. The van der Waals surface area contributed by atoms with Crippen molar-refractivity contribution in [2.45, 2.75) is 78.3 Å². The van der Waals surface area contributed by atoms with Gasteiger partial charge in [0.25, 0.3) is 0 Å². The molecule has 1 aliphatic rings. The Morgan fingerprint density at radius 3 is 2.54 bits per heavy atom. The first-order valence-electron chi connectivity index (χ1n) is 12.2. The average molecular weight is 533 g/mol. The van der Waals surface area contributed by atoms with Crippen LogP contribution in [0.25, 0.3) is 10.4 Å². The first kappa shape index (κ1) is 28.4. The summed E-state index contributed by atoms with van der Waals surface area (Å²) < 4.78 is 5.29. The van der Waals surface area contributed by atoms with E-state index in [1.54, 1.807) is 52.3 Å². The maximum absolute atomic E-state index is 13.4. The summed E-state index contributed by atoms with van der Waals surface area (Å²) in [5.74, 6) is -1.17. The molecule has 0 aliphatic carbocycles. The third-order valence-electron chi connectivity index (χ3n) is 6.02. The minimum Gasteiger partial charge on any atom is -0.508 e. The van der Waals surface area contributed by atoms with Crippen molar-refractivity contribution in [1.82, 2.24) is 20.5 Å². The molecule has 202 valence electrons. The van der Waals surface area contributed by atoms with Crippen molar-refractivity contribution in [3.63, 3.8) is 0 Å². The predicted molar refractivity (Wildman–Crippen MR) is 140 cm³/mol. The van der Waals surface area contributed by atoms with Gasteiger partial charge in [0.05, 0.1) is 22.2 Å². The number of aromatic hydroxyl groups is 1. The number of hydrogen-bond donors (Lipinski definition) is 4. The van der Waals surface area contributed by atoms with E-state index in [0.29, 0.717) is 5.56 Å². The number of alkyl carbamates (subject to hydrolysis) is 1. The fourth-order valence-corrected chi connectivity index (χ4v) is 4.97. The normalized spacial score (nSPS) is 18.5. The van der Waals surface area contributed by atoms with Crippen LogP contribution in [0.2, 0.25) is 0 Å². The number of carbonyl (C=O) groups is 3. The average Bonchev–Trinajstić information content (AvgIpc) is 3.40. The molecule has 2 heterocycles. The predicted octanol–water partition coefficient (Wildman–Crippen LogP) is 2.95. The lowest BCUT2D eigenvalue weighted by Crippen LogP contribution is -2.55. The number of thiazole rings is 1. The zero-order chi connectivity index (χ0) is 27.5. The lowest BCUT2D eigenvalue weighted by atomic mass is 10.0. The molecule has 1 aliphatic heterocycles. The van der Waals surface area contributed by atoms with Crippen LogP contribution < -0.4 is 10.6 Å². The number of rotatable bonds is 7. The number of carbonyl (C=O) groups excluding carboxylic acids is 3. The van der Waals surface area contributed by atoms with Crippen molar-refractivity contribution in [3.05, 3.63) is 35.0 Å². The minimum absolute atomic E-state index is 0.0235. The Labute approximate surface area is 221 Å². The number of benzene rings is 1. The lowest BCUT2D eigenvalue weighted by Gasteiger charge is -2.31. The van der Waals surface area contributed by atoms with Crippen LogP contribution in [-0.4, -0.2) is 68.3 Å². The van der Waals surface area contributed by atoms with Crippen molar-refractivity contribution >= 4 is 29.2 Å². The highest BCUT2D eigenvalue weighted by molar-refractivity contribution is 7.13. The maximum Gasteiger partial charge on any atom is 0.408 e. The fraction of sp³-hybridized carbons (Fsp3) is 0.538. The van der Waals surface area contributed by atoms with Gasteiger partial charge in [-0.15, -0.1) is 11.3 Å². The van der Waals surface area contributed by atoms with E-state index in [2.05, 4.69) is 15.6 Å². The molecule has 11 heteroatoms. The number of aryl methyl sites for hydroxylation is 1. The standard InChI is InChI=1S/C26H36N4O6S/c1-14(2)21(29-25(35)36-26(4,5)6)24(34)30-12-18(31)10-19(30)23(33)27-11-17-8-7-16(9-20(17)32)22-15(3)28-13-37-22/h7-9,13-14,18-19,21,31-32H,10-12H2,1-6H3,(H,27,33)(H,29,35)/t18-,19+,21+/m1/s1. The maximum atomic E-state index is 13.4. The van der Waals surface area contributed by atoms with Crippen LogP contribution in [0.4, 0.5) is 4.79 Å². The topological polar surface area (TPSA) is 141 Å². The number of phenolic OH excluding ortho intramolecular Hbond substituents is 1. The molecule has 2 aromatic rings. The van der Waals surface area contributed by atoms with Crippen molar-refractivity contribution in [2.24, 2.45) is 5.92 Å². The van der Waals surface area contributed by atoms with Gasteiger partial charge in [0.2, 0.25) is 11.8 Å². The molecule has 1 fully saturated rings. The number of β-amino-alcohol motifs (C(OH)–C–C–N with tert-alkyl or cyclic N) is 1. The number of aliphatic hydroxyl groups is 1. The van der Waals surface area contributed by atoms with Crippen LogP contribution in [0.5, 0.6) is 5.75 Å². The highest BCUT2D eigenvalue weighted by atomic mass is 32.1. The Bertz CT molecular complexity index is 1140. The van der Waals surface area contributed by atoms with Gasteiger partial charge in [-0.1, -0.05) is 26.0 Å². The molecular formula is C26H36N4O6S. The lowest BCUT2D eigenvalue weighted by molar-refractivity contribution is -0.141. The van der Waals surface area contributed by atoms with E-state index in [9.17, 15) is 24.6 Å². The second kappa shape index (κ2) is 11.5. The number of amides is 3. The van der Waals surface area contributed by atoms with Crippen molar-refractivity contribution in [3.8, 4) is 16.2 Å². The minimum atomic E-state index is -0.928. The summed E-state index contributed by atoms with van der Waals surface area (Å²) in [7, 11) is 0. The van der Waals surface area contributed by atoms with Crippen LogP contribution in [0.15, 0.2) is 23.7 Å². The van der Waals surface area contributed by atoms with Crippen LogP contribution >= 0.6 is 11.3 Å². The SMILES string of the molecule is Cc1ncsc1-c1ccc(CNC(=O)[C@@H]2C[C@@H](O)CN2C(=O)[C@@H](NC(=O)OC(C)(C)C)C(C)C)c(O)c1. The smallest absolute Gasteiger partial charge is 0.408 e. The summed E-state index contributed by atoms with van der Waals surface area (Å²) in [6, 6.07) is 3.38. The summed E-state index contributed by atoms with van der Waals surface area (Å²) in [6.45, 7) is 10.6. The molecule has 0 saturated carbocycles. The van der Waals surface area contributed by atoms with Crippen LogP contribution in [0, 0.1) is 12.8 Å². The Morgan fingerprint density at radius 1 is 1.27 bits per heavy atom. The van der Waals surface area contributed by atoms with E-state index in [4.69, 9.17) is 4.74 Å². The highest BCUT2D eigenvalue weighted by Crippen LogP contribution is 2.31. The Morgan fingerprint density at radius 2 is 1.97 bits per heavy atom. The number of nitrogens with zero attached hydrogens (tertiary/aromatic N) is 2. The van der Waals surface area contributed by atoms with Crippen molar-refractivity contribution in [1.29, 1.82) is 0 Å². The second-order valence-electron chi connectivity index (χ2n) is 10.6. The van der Waals surface area contributed by atoms with E-state index < -0.39 is 41.7 Å². The van der Waals surface area contributed by atoms with Gasteiger partial charge in [0.1, 0.15) is 23.4 Å². The molecule has 3 atom stereocenters. The molecule has 0 unspecified atom stereocenters. The summed E-state index contributed by atoms with van der Waals surface area (Å²) in [6.07, 6.45) is -1.53. The van der Waals surface area contributed by atoms with Crippen molar-refractivity contribution < 1.29 is 29.3 Å². The van der Waals surface area contributed by atoms with Gasteiger partial charge in [-0.25, -0.2) is 9.78 Å². The Kier molecular flexibility index (Phi) is 8.80. The van der Waals surface area contributed by atoms with Gasteiger partial charge in [-0.05, 0) is 45.2 Å². The summed E-state index contributed by atoms with van der Waals surface area (Å²) in [5, 5.41) is 26.2. The molecule has 0 spiro atoms. The molecule has 3 amide bonds. The van der Waals surface area contributed by atoms with Gasteiger partial charge in [0.15, 0.2) is 0 Å². The first-order valence-corrected chi connectivity index (χ1v) is 13.1. The molecule has 3 rings (SSSR count). The first-order chi connectivity index (χ1) is 17.3. The molecule has 1 aromatic heterocycles. The van der Waals surface area contributed by atoms with E-state index in [1.807, 2.05) is 13.0 Å². The Balaban J connectivity index is 1.68. The number of ether oxygens (including phenoxy) is 1. The molecule has 10 nitrogen and oxygen atoms in total. The third kappa shape index (κ3) is 7.20. The van der Waals surface area contributed by atoms with Gasteiger partial charge >= 0.3 is 6.09 Å². The van der Waals surface area contributed by atoms with Crippen LogP contribution in [-0.2, 0) is 20.9 Å². The van der Waals surface area contributed by atoms with E-state index in [1.165, 1.54) is 16.2 Å². The zero-order valence-corrected chi connectivity index (χ0v) is 22.9. The van der Waals surface area contributed by atoms with Gasteiger partial charge in [-0.2, -0.15) is 0 Å². The number of aromatic nitrogens is 1. The van der Waals surface area contributed by atoms with Gasteiger partial charge < -0.3 is 30.5 Å². The largest absolute Gasteiger partial charge is 0.508 e. The zero-order valence-electron chi connectivity index (χ0n) is 22.1. The number of aliphatic hydroxyl groups excluding tert-OH is 1. The van der Waals surface area contributed by atoms with E-state index in [0.717, 1.165) is 16.1 Å². The highest BCUT2D eigenvalue weighted by Gasteiger charge is 2.42. The monoisotopic (exact) mass is 532 g/mol. The quantitative estimate of drug-likeness (QED) is 0.430. The second-order valence-corrected chi connectivity index (χ2v) is 11.4. The third-order valence-corrected chi connectivity index (χ3v) is 6.99. The Hall–Kier alpha value is -3.18. The summed E-state index contributed by atoms with van der Waals surface area (Å²) in [4.78, 5) is 45.3. The molecular weight excluding hydrogens is 496 g/mol.